The van der Waals surface area contributed by atoms with Crippen LogP contribution in [0.3, 0.4) is 0 Å². The maximum absolute atomic E-state index is 4.46. The summed E-state index contributed by atoms with van der Waals surface area (Å²) in [5.41, 5.74) is 5.98. The molecule has 0 radical (unpaired) electrons. The fourth-order valence-electron chi connectivity index (χ4n) is 2.17. The maximum Gasteiger partial charge on any atom is 0.0981 e. The molecule has 0 saturated carbocycles. The molecule has 1 aromatic carbocycles. The van der Waals surface area contributed by atoms with Gasteiger partial charge < -0.3 is 9.55 Å². The number of imidazole rings is 1. The average Bonchev–Trinajstić information content (AvgIpc) is 2.71. The SMILES string of the molecule is Cc1[nH]c2ccc3c(ncn3C)c2c1C. The lowest BCUT2D eigenvalue weighted by molar-refractivity contribution is 0.948. The van der Waals surface area contributed by atoms with Crippen molar-refractivity contribution >= 4 is 21.9 Å². The normalized spacial score (nSPS) is 11.7. The van der Waals surface area contributed by atoms with E-state index in [0.717, 1.165) is 5.52 Å². The number of nitrogens with zero attached hydrogens (tertiary/aromatic N) is 2. The van der Waals surface area contributed by atoms with Gasteiger partial charge in [0, 0.05) is 23.6 Å². The molecule has 0 saturated heterocycles. The number of aromatic amines is 1. The van der Waals surface area contributed by atoms with Crippen molar-refractivity contribution in [3.63, 3.8) is 0 Å². The van der Waals surface area contributed by atoms with Crippen LogP contribution in [0.2, 0.25) is 0 Å². The molecule has 3 rings (SSSR count). The van der Waals surface area contributed by atoms with Crippen LogP contribution in [0.4, 0.5) is 0 Å². The molecule has 3 heteroatoms. The highest BCUT2D eigenvalue weighted by Crippen LogP contribution is 2.28. The topological polar surface area (TPSA) is 33.6 Å². The number of benzene rings is 1. The summed E-state index contributed by atoms with van der Waals surface area (Å²) in [6, 6.07) is 4.24. The molecule has 0 fully saturated rings. The van der Waals surface area contributed by atoms with Crippen molar-refractivity contribution in [2.75, 3.05) is 0 Å². The lowest BCUT2D eigenvalue weighted by Crippen LogP contribution is -1.83. The Kier molecular flexibility index (Phi) is 1.49. The fourth-order valence-corrected chi connectivity index (χ4v) is 2.17. The summed E-state index contributed by atoms with van der Waals surface area (Å²) in [5.74, 6) is 0. The van der Waals surface area contributed by atoms with Crippen molar-refractivity contribution in [1.29, 1.82) is 0 Å². The molecule has 0 spiro atoms. The Balaban J connectivity index is 2.63. The zero-order valence-corrected chi connectivity index (χ0v) is 9.13. The van der Waals surface area contributed by atoms with E-state index in [-0.39, 0.29) is 0 Å². The van der Waals surface area contributed by atoms with Crippen molar-refractivity contribution in [1.82, 2.24) is 14.5 Å². The molecule has 0 atom stereocenters. The minimum atomic E-state index is 1.09. The molecule has 0 unspecified atom stereocenters. The number of aromatic nitrogens is 3. The smallest absolute Gasteiger partial charge is 0.0981 e. The monoisotopic (exact) mass is 199 g/mol. The number of fused-ring (bicyclic) bond motifs is 3. The van der Waals surface area contributed by atoms with E-state index in [0.29, 0.717) is 0 Å². The predicted molar refractivity (Wildman–Crippen MR) is 62.0 cm³/mol. The third kappa shape index (κ3) is 0.975. The van der Waals surface area contributed by atoms with Crippen LogP contribution >= 0.6 is 0 Å². The molecule has 0 aliphatic carbocycles. The highest BCUT2D eigenvalue weighted by Gasteiger charge is 2.10. The van der Waals surface area contributed by atoms with Gasteiger partial charge in [-0.25, -0.2) is 4.98 Å². The fraction of sp³-hybridized carbons (Fsp3) is 0.250. The van der Waals surface area contributed by atoms with Crippen molar-refractivity contribution in [2.24, 2.45) is 7.05 Å². The van der Waals surface area contributed by atoms with Crippen molar-refractivity contribution in [3.05, 3.63) is 29.7 Å². The van der Waals surface area contributed by atoms with E-state index in [9.17, 15) is 0 Å². The first-order valence-corrected chi connectivity index (χ1v) is 5.07. The van der Waals surface area contributed by atoms with Gasteiger partial charge in [0.05, 0.1) is 17.4 Å². The van der Waals surface area contributed by atoms with Crippen molar-refractivity contribution in [2.45, 2.75) is 13.8 Å². The Morgan fingerprint density at radius 3 is 2.87 bits per heavy atom. The molecule has 2 heterocycles. The number of H-pyrrole nitrogens is 1. The molecule has 3 nitrogen and oxygen atoms in total. The maximum atomic E-state index is 4.46. The van der Waals surface area contributed by atoms with Crippen LogP contribution in [0.25, 0.3) is 21.9 Å². The van der Waals surface area contributed by atoms with Gasteiger partial charge in [-0.1, -0.05) is 0 Å². The summed E-state index contributed by atoms with van der Waals surface area (Å²) in [7, 11) is 2.02. The first-order valence-electron chi connectivity index (χ1n) is 5.07. The van der Waals surface area contributed by atoms with Crippen molar-refractivity contribution in [3.8, 4) is 0 Å². The van der Waals surface area contributed by atoms with Gasteiger partial charge in [0.15, 0.2) is 0 Å². The lowest BCUT2D eigenvalue weighted by Gasteiger charge is -1.96. The van der Waals surface area contributed by atoms with Crippen LogP contribution < -0.4 is 0 Å². The summed E-state index contributed by atoms with van der Waals surface area (Å²) < 4.78 is 2.05. The Morgan fingerprint density at radius 1 is 1.27 bits per heavy atom. The minimum absolute atomic E-state index is 1.09. The summed E-state index contributed by atoms with van der Waals surface area (Å²) >= 11 is 0. The Morgan fingerprint density at radius 2 is 2.07 bits per heavy atom. The molecule has 0 bridgehead atoms. The summed E-state index contributed by atoms with van der Waals surface area (Å²) in [6.07, 6.45) is 1.87. The third-order valence-corrected chi connectivity index (χ3v) is 3.16. The summed E-state index contributed by atoms with van der Waals surface area (Å²) in [4.78, 5) is 7.84. The minimum Gasteiger partial charge on any atom is -0.358 e. The predicted octanol–water partition coefficient (Wildman–Crippen LogP) is 2.67. The quantitative estimate of drug-likeness (QED) is 0.593. The van der Waals surface area contributed by atoms with E-state index in [4.69, 9.17) is 0 Å². The first-order chi connectivity index (χ1) is 7.18. The van der Waals surface area contributed by atoms with Gasteiger partial charge in [0.1, 0.15) is 0 Å². The van der Waals surface area contributed by atoms with Gasteiger partial charge in [0.25, 0.3) is 0 Å². The highest BCUT2D eigenvalue weighted by atomic mass is 15.0. The van der Waals surface area contributed by atoms with Gasteiger partial charge in [0.2, 0.25) is 0 Å². The molecule has 0 aliphatic heterocycles. The van der Waals surface area contributed by atoms with Crippen LogP contribution in [-0.2, 0) is 7.05 Å². The zero-order valence-electron chi connectivity index (χ0n) is 9.13. The first kappa shape index (κ1) is 8.53. The Hall–Kier alpha value is -1.77. The zero-order chi connectivity index (χ0) is 10.6. The number of rotatable bonds is 0. The number of hydrogen-bond donors (Lipinski definition) is 1. The standard InChI is InChI=1S/C12H13N3/c1-7-8(2)14-9-4-5-10-12(11(7)9)13-6-15(10)3/h4-6,14H,1-3H3. The van der Waals surface area contributed by atoms with E-state index in [1.165, 1.54) is 27.7 Å². The van der Waals surface area contributed by atoms with E-state index in [1.807, 2.05) is 13.4 Å². The van der Waals surface area contributed by atoms with Crippen LogP contribution in [0.5, 0.6) is 0 Å². The second kappa shape index (κ2) is 2.63. The second-order valence-corrected chi connectivity index (χ2v) is 4.09. The number of hydrogen-bond acceptors (Lipinski definition) is 1. The molecular formula is C12H13N3. The summed E-state index contributed by atoms with van der Waals surface area (Å²) in [5, 5.41) is 1.26. The van der Waals surface area contributed by atoms with Crippen LogP contribution in [0, 0.1) is 13.8 Å². The molecule has 0 aliphatic rings. The van der Waals surface area contributed by atoms with Crippen LogP contribution in [0.15, 0.2) is 18.5 Å². The number of aryl methyl sites for hydroxylation is 3. The van der Waals surface area contributed by atoms with Gasteiger partial charge in [-0.3, -0.25) is 0 Å². The van der Waals surface area contributed by atoms with E-state index in [2.05, 4.69) is 40.5 Å². The van der Waals surface area contributed by atoms with Gasteiger partial charge >= 0.3 is 0 Å². The molecule has 2 aromatic heterocycles. The average molecular weight is 199 g/mol. The molecule has 15 heavy (non-hydrogen) atoms. The molecule has 3 aromatic rings. The van der Waals surface area contributed by atoms with Crippen molar-refractivity contribution < 1.29 is 0 Å². The van der Waals surface area contributed by atoms with E-state index >= 15 is 0 Å². The van der Waals surface area contributed by atoms with E-state index < -0.39 is 0 Å². The Labute approximate surface area is 87.7 Å². The van der Waals surface area contributed by atoms with Gasteiger partial charge in [-0.15, -0.1) is 0 Å². The number of nitrogens with one attached hydrogen (secondary N) is 1. The highest BCUT2D eigenvalue weighted by molar-refractivity contribution is 6.05. The molecule has 1 N–H and O–H groups in total. The van der Waals surface area contributed by atoms with Gasteiger partial charge in [-0.2, -0.15) is 0 Å². The van der Waals surface area contributed by atoms with Gasteiger partial charge in [-0.05, 0) is 31.5 Å². The summed E-state index contributed by atoms with van der Waals surface area (Å²) in [6.45, 7) is 4.24. The van der Waals surface area contributed by atoms with E-state index in [1.54, 1.807) is 0 Å². The Bertz CT molecular complexity index is 658. The van der Waals surface area contributed by atoms with Crippen LogP contribution in [-0.4, -0.2) is 14.5 Å². The second-order valence-electron chi connectivity index (χ2n) is 4.09. The lowest BCUT2D eigenvalue weighted by atomic mass is 10.1. The van der Waals surface area contributed by atoms with Crippen LogP contribution in [0.1, 0.15) is 11.3 Å². The largest absolute Gasteiger partial charge is 0.358 e. The molecule has 76 valence electrons. The molecular weight excluding hydrogens is 186 g/mol. The molecule has 0 amide bonds. The third-order valence-electron chi connectivity index (χ3n) is 3.16.